The van der Waals surface area contributed by atoms with Gasteiger partial charge < -0.3 is 9.80 Å². The molecule has 2 unspecified atom stereocenters. The lowest BCUT2D eigenvalue weighted by molar-refractivity contribution is -0.141. The highest BCUT2D eigenvalue weighted by Crippen LogP contribution is 2.38. The molecular formula is C21H25F3N4O3. The number of carbonyl (C=O) groups excluding carboxylic acids is 3. The number of rotatable bonds is 4. The van der Waals surface area contributed by atoms with Crippen LogP contribution in [0.3, 0.4) is 0 Å². The number of hydrogen-bond donors (Lipinski definition) is 0. The number of nitrogens with zero attached hydrogens (tertiary/aromatic N) is 4. The number of imide groups is 1. The molecule has 10 heteroatoms. The smallest absolute Gasteiger partial charge is 0.353 e. The zero-order valence-electron chi connectivity index (χ0n) is 17.1. The van der Waals surface area contributed by atoms with Gasteiger partial charge in [-0.25, -0.2) is 4.98 Å². The summed E-state index contributed by atoms with van der Waals surface area (Å²) in [7, 11) is 0. The van der Waals surface area contributed by atoms with Crippen molar-refractivity contribution in [1.29, 1.82) is 0 Å². The van der Waals surface area contributed by atoms with E-state index in [1.807, 2.05) is 4.90 Å². The van der Waals surface area contributed by atoms with Gasteiger partial charge in [-0.15, -0.1) is 0 Å². The van der Waals surface area contributed by atoms with Gasteiger partial charge in [0.15, 0.2) is 0 Å². The van der Waals surface area contributed by atoms with E-state index in [0.717, 1.165) is 37.9 Å². The predicted octanol–water partition coefficient (Wildman–Crippen LogP) is 2.31. The standard InChI is InChI=1S/C21H25F3N4O3/c22-21(23,24)14-5-6-17(25-13-14)26-9-11-27(12-10-26)18(29)7-8-28-19(30)15-3-1-2-4-16(15)20(28)31/h5-6,13,15-16H,1-4,7-12H2. The van der Waals surface area contributed by atoms with Gasteiger partial charge in [-0.05, 0) is 25.0 Å². The summed E-state index contributed by atoms with van der Waals surface area (Å²) in [5.74, 6) is -0.389. The Bertz CT molecular complexity index is 826. The lowest BCUT2D eigenvalue weighted by atomic mass is 9.81. The molecule has 3 aliphatic rings. The van der Waals surface area contributed by atoms with Gasteiger partial charge >= 0.3 is 6.18 Å². The fourth-order valence-electron chi connectivity index (χ4n) is 4.74. The maximum Gasteiger partial charge on any atom is 0.417 e. The van der Waals surface area contributed by atoms with Gasteiger partial charge in [0.1, 0.15) is 5.82 Å². The molecule has 168 valence electrons. The topological polar surface area (TPSA) is 73.8 Å². The van der Waals surface area contributed by atoms with Crippen molar-refractivity contribution in [2.24, 2.45) is 11.8 Å². The number of pyridine rings is 1. The van der Waals surface area contributed by atoms with Gasteiger partial charge in [0.05, 0.1) is 17.4 Å². The molecule has 4 rings (SSSR count). The molecule has 2 atom stereocenters. The molecule has 1 saturated carbocycles. The van der Waals surface area contributed by atoms with E-state index < -0.39 is 11.7 Å². The molecule has 3 amide bonds. The molecule has 3 fully saturated rings. The van der Waals surface area contributed by atoms with Crippen LogP contribution in [0.1, 0.15) is 37.7 Å². The van der Waals surface area contributed by atoms with Crippen LogP contribution in [-0.2, 0) is 20.6 Å². The maximum atomic E-state index is 12.7. The van der Waals surface area contributed by atoms with E-state index in [-0.39, 0.29) is 42.5 Å². The van der Waals surface area contributed by atoms with Gasteiger partial charge in [0.25, 0.3) is 0 Å². The van der Waals surface area contributed by atoms with E-state index in [4.69, 9.17) is 0 Å². The highest BCUT2D eigenvalue weighted by Gasteiger charge is 2.47. The summed E-state index contributed by atoms with van der Waals surface area (Å²) in [6.45, 7) is 1.85. The Balaban J connectivity index is 1.27. The minimum absolute atomic E-state index is 0.0927. The third-order valence-electron chi connectivity index (χ3n) is 6.51. The fourth-order valence-corrected chi connectivity index (χ4v) is 4.74. The number of carbonyl (C=O) groups is 3. The van der Waals surface area contributed by atoms with Crippen molar-refractivity contribution in [1.82, 2.24) is 14.8 Å². The third kappa shape index (κ3) is 4.38. The molecule has 1 aliphatic carbocycles. The van der Waals surface area contributed by atoms with Crippen molar-refractivity contribution in [2.75, 3.05) is 37.6 Å². The second-order valence-corrected chi connectivity index (χ2v) is 8.35. The molecule has 0 radical (unpaired) electrons. The van der Waals surface area contributed by atoms with Gasteiger partial charge in [-0.1, -0.05) is 12.8 Å². The first-order valence-corrected chi connectivity index (χ1v) is 10.7. The molecule has 0 N–H and O–H groups in total. The van der Waals surface area contributed by atoms with Gasteiger partial charge in [-0.3, -0.25) is 19.3 Å². The lowest BCUT2D eigenvalue weighted by Gasteiger charge is -2.35. The molecule has 7 nitrogen and oxygen atoms in total. The van der Waals surface area contributed by atoms with Crippen LogP contribution in [0.15, 0.2) is 18.3 Å². The number of fused-ring (bicyclic) bond motifs is 1. The number of alkyl halides is 3. The first kappa shape index (κ1) is 21.6. The van der Waals surface area contributed by atoms with Crippen LogP contribution < -0.4 is 4.90 Å². The van der Waals surface area contributed by atoms with Crippen molar-refractivity contribution in [3.63, 3.8) is 0 Å². The minimum Gasteiger partial charge on any atom is -0.353 e. The van der Waals surface area contributed by atoms with Gasteiger partial charge in [-0.2, -0.15) is 13.2 Å². The molecule has 2 saturated heterocycles. The molecule has 1 aromatic rings. The minimum atomic E-state index is -4.42. The first-order valence-electron chi connectivity index (χ1n) is 10.7. The number of anilines is 1. The van der Waals surface area contributed by atoms with E-state index in [0.29, 0.717) is 32.0 Å². The second-order valence-electron chi connectivity index (χ2n) is 8.35. The molecule has 2 aliphatic heterocycles. The SMILES string of the molecule is O=C(CCN1C(=O)C2CCCCC2C1=O)N1CCN(c2ccc(C(F)(F)F)cn2)CC1. The number of piperazine rings is 1. The zero-order valence-corrected chi connectivity index (χ0v) is 17.1. The molecule has 0 bridgehead atoms. The van der Waals surface area contributed by atoms with Crippen LogP contribution >= 0.6 is 0 Å². The Morgan fingerprint density at radius 3 is 2.13 bits per heavy atom. The van der Waals surface area contributed by atoms with E-state index in [1.165, 1.54) is 11.0 Å². The third-order valence-corrected chi connectivity index (χ3v) is 6.51. The van der Waals surface area contributed by atoms with Crippen molar-refractivity contribution in [2.45, 2.75) is 38.3 Å². The summed E-state index contributed by atoms with van der Waals surface area (Å²) >= 11 is 0. The highest BCUT2D eigenvalue weighted by molar-refractivity contribution is 6.05. The van der Waals surface area contributed by atoms with E-state index in [9.17, 15) is 27.6 Å². The molecule has 0 aromatic carbocycles. The molecule has 3 heterocycles. The number of hydrogen-bond acceptors (Lipinski definition) is 5. The van der Waals surface area contributed by atoms with Crippen molar-refractivity contribution in [3.8, 4) is 0 Å². The predicted molar refractivity (Wildman–Crippen MR) is 105 cm³/mol. The number of halogens is 3. The van der Waals surface area contributed by atoms with Crippen molar-refractivity contribution < 1.29 is 27.6 Å². The molecule has 1 aromatic heterocycles. The summed E-state index contributed by atoms with van der Waals surface area (Å²) in [6.07, 6.45) is -0.0914. The quantitative estimate of drug-likeness (QED) is 0.675. The van der Waals surface area contributed by atoms with E-state index in [2.05, 4.69) is 4.98 Å². The molecule has 0 spiro atoms. The first-order chi connectivity index (χ1) is 14.8. The van der Waals surface area contributed by atoms with Gasteiger partial charge in [0, 0.05) is 45.3 Å². The van der Waals surface area contributed by atoms with Crippen LogP contribution in [-0.4, -0.2) is 65.2 Å². The average molecular weight is 438 g/mol. The Hall–Kier alpha value is -2.65. The van der Waals surface area contributed by atoms with Crippen LogP contribution in [0.2, 0.25) is 0 Å². The summed E-state index contributed by atoms with van der Waals surface area (Å²) in [6, 6.07) is 2.34. The second kappa shape index (κ2) is 8.47. The average Bonchev–Trinajstić information content (AvgIpc) is 3.02. The summed E-state index contributed by atoms with van der Waals surface area (Å²) in [5.41, 5.74) is -0.795. The number of aromatic nitrogens is 1. The normalized spacial score (nSPS) is 24.5. The monoisotopic (exact) mass is 438 g/mol. The Morgan fingerprint density at radius 1 is 1.00 bits per heavy atom. The van der Waals surface area contributed by atoms with E-state index >= 15 is 0 Å². The van der Waals surface area contributed by atoms with Gasteiger partial charge in [0.2, 0.25) is 17.7 Å². The van der Waals surface area contributed by atoms with Crippen LogP contribution in [0.25, 0.3) is 0 Å². The summed E-state index contributed by atoms with van der Waals surface area (Å²) < 4.78 is 38.0. The number of likely N-dealkylation sites (tertiary alicyclic amines) is 1. The Labute approximate surface area is 178 Å². The lowest BCUT2D eigenvalue weighted by Crippen LogP contribution is -2.49. The number of amides is 3. The summed E-state index contributed by atoms with van der Waals surface area (Å²) in [5, 5.41) is 0. The van der Waals surface area contributed by atoms with Crippen molar-refractivity contribution >= 4 is 23.5 Å². The largest absolute Gasteiger partial charge is 0.417 e. The maximum absolute atomic E-state index is 12.7. The molecular weight excluding hydrogens is 413 g/mol. The summed E-state index contributed by atoms with van der Waals surface area (Å²) in [4.78, 5) is 46.3. The van der Waals surface area contributed by atoms with Crippen LogP contribution in [0, 0.1) is 11.8 Å². The van der Waals surface area contributed by atoms with Crippen molar-refractivity contribution in [3.05, 3.63) is 23.9 Å². The van der Waals surface area contributed by atoms with Crippen LogP contribution in [0.5, 0.6) is 0 Å². The Morgan fingerprint density at radius 2 is 1.61 bits per heavy atom. The fraction of sp³-hybridized carbons (Fsp3) is 0.619. The Kier molecular flexibility index (Phi) is 5.90. The van der Waals surface area contributed by atoms with E-state index in [1.54, 1.807) is 4.90 Å². The highest BCUT2D eigenvalue weighted by atomic mass is 19.4. The molecule has 31 heavy (non-hydrogen) atoms. The zero-order chi connectivity index (χ0) is 22.2. The van der Waals surface area contributed by atoms with Crippen LogP contribution in [0.4, 0.5) is 19.0 Å².